The summed E-state index contributed by atoms with van der Waals surface area (Å²) in [5, 5.41) is 9.69. The molecule has 0 saturated carbocycles. The van der Waals surface area contributed by atoms with E-state index < -0.39 is 0 Å². The average molecular weight is 221 g/mol. The third-order valence-corrected chi connectivity index (χ3v) is 3.00. The molecule has 0 aliphatic rings. The second-order valence-corrected chi connectivity index (χ2v) is 5.08. The smallest absolute Gasteiger partial charge is 0.121 e. The highest BCUT2D eigenvalue weighted by molar-refractivity contribution is 5.43. The highest BCUT2D eigenvalue weighted by Crippen LogP contribution is 2.27. The number of hydrogen-bond donors (Lipinski definition) is 2. The Bertz CT molecular complexity index is 335. The molecule has 0 aromatic heterocycles. The third kappa shape index (κ3) is 3.24. The van der Waals surface area contributed by atoms with E-state index in [2.05, 4.69) is 13.8 Å². The SMILES string of the molecule is Cc1cc([C@@H](N)CCC(C)C)cc(C)c1O. The molecular weight excluding hydrogens is 198 g/mol. The van der Waals surface area contributed by atoms with E-state index in [9.17, 15) is 5.11 Å². The first-order valence-corrected chi connectivity index (χ1v) is 5.97. The molecule has 0 heterocycles. The molecule has 0 fully saturated rings. The van der Waals surface area contributed by atoms with Gasteiger partial charge in [-0.3, -0.25) is 0 Å². The lowest BCUT2D eigenvalue weighted by Gasteiger charge is -2.16. The van der Waals surface area contributed by atoms with Crippen molar-refractivity contribution in [1.82, 2.24) is 0 Å². The van der Waals surface area contributed by atoms with E-state index in [1.54, 1.807) is 0 Å². The molecule has 1 rings (SSSR count). The van der Waals surface area contributed by atoms with E-state index in [0.717, 1.165) is 29.5 Å². The largest absolute Gasteiger partial charge is 0.507 e. The maximum absolute atomic E-state index is 9.69. The quantitative estimate of drug-likeness (QED) is 0.818. The zero-order valence-corrected chi connectivity index (χ0v) is 10.7. The van der Waals surface area contributed by atoms with E-state index >= 15 is 0 Å². The number of benzene rings is 1. The summed E-state index contributed by atoms with van der Waals surface area (Å²) in [5.41, 5.74) is 9.11. The molecule has 0 amide bonds. The molecule has 2 nitrogen and oxygen atoms in total. The molecule has 1 aromatic carbocycles. The topological polar surface area (TPSA) is 46.2 Å². The van der Waals surface area contributed by atoms with Crippen molar-refractivity contribution >= 4 is 0 Å². The van der Waals surface area contributed by atoms with Crippen molar-refractivity contribution < 1.29 is 5.11 Å². The first-order chi connectivity index (χ1) is 7.41. The Morgan fingerprint density at radius 1 is 1.12 bits per heavy atom. The monoisotopic (exact) mass is 221 g/mol. The van der Waals surface area contributed by atoms with Crippen LogP contribution in [0.15, 0.2) is 12.1 Å². The highest BCUT2D eigenvalue weighted by Gasteiger charge is 2.10. The van der Waals surface area contributed by atoms with Crippen molar-refractivity contribution in [2.75, 3.05) is 0 Å². The minimum atomic E-state index is 0.0837. The Labute approximate surface area is 98.5 Å². The Kier molecular flexibility index (Phi) is 4.36. The second kappa shape index (κ2) is 5.35. The van der Waals surface area contributed by atoms with Gasteiger partial charge in [0.05, 0.1) is 0 Å². The van der Waals surface area contributed by atoms with Gasteiger partial charge in [-0.2, -0.15) is 0 Å². The van der Waals surface area contributed by atoms with Gasteiger partial charge in [0.25, 0.3) is 0 Å². The van der Waals surface area contributed by atoms with Crippen LogP contribution in [-0.2, 0) is 0 Å². The second-order valence-electron chi connectivity index (χ2n) is 5.08. The fourth-order valence-corrected chi connectivity index (χ4v) is 1.88. The number of rotatable bonds is 4. The average Bonchev–Trinajstić information content (AvgIpc) is 2.21. The van der Waals surface area contributed by atoms with E-state index in [0.29, 0.717) is 11.7 Å². The Morgan fingerprint density at radius 3 is 2.06 bits per heavy atom. The predicted molar refractivity (Wildman–Crippen MR) is 68.6 cm³/mol. The first kappa shape index (κ1) is 13.0. The van der Waals surface area contributed by atoms with Gasteiger partial charge in [0, 0.05) is 6.04 Å². The Morgan fingerprint density at radius 2 is 1.62 bits per heavy atom. The van der Waals surface area contributed by atoms with Crippen LogP contribution < -0.4 is 5.73 Å². The lowest BCUT2D eigenvalue weighted by atomic mass is 9.95. The molecule has 0 saturated heterocycles. The third-order valence-electron chi connectivity index (χ3n) is 3.00. The molecular formula is C14H23NO. The summed E-state index contributed by atoms with van der Waals surface area (Å²) >= 11 is 0. The zero-order chi connectivity index (χ0) is 12.3. The number of hydrogen-bond acceptors (Lipinski definition) is 2. The van der Waals surface area contributed by atoms with Gasteiger partial charge in [-0.1, -0.05) is 26.0 Å². The summed E-state index contributed by atoms with van der Waals surface area (Å²) in [6, 6.07) is 4.07. The van der Waals surface area contributed by atoms with Crippen molar-refractivity contribution in [1.29, 1.82) is 0 Å². The van der Waals surface area contributed by atoms with Crippen LogP contribution in [0.4, 0.5) is 0 Å². The van der Waals surface area contributed by atoms with E-state index in [1.165, 1.54) is 0 Å². The maximum atomic E-state index is 9.69. The van der Waals surface area contributed by atoms with Gasteiger partial charge in [-0.15, -0.1) is 0 Å². The van der Waals surface area contributed by atoms with Crippen LogP contribution in [0.3, 0.4) is 0 Å². The molecule has 0 radical (unpaired) electrons. The van der Waals surface area contributed by atoms with E-state index in [-0.39, 0.29) is 6.04 Å². The van der Waals surface area contributed by atoms with Gasteiger partial charge < -0.3 is 10.8 Å². The van der Waals surface area contributed by atoms with Crippen molar-refractivity contribution in [2.24, 2.45) is 11.7 Å². The molecule has 0 bridgehead atoms. The van der Waals surface area contributed by atoms with Crippen LogP contribution >= 0.6 is 0 Å². The molecule has 0 aliphatic heterocycles. The zero-order valence-electron chi connectivity index (χ0n) is 10.7. The summed E-state index contributed by atoms with van der Waals surface area (Å²) in [4.78, 5) is 0. The molecule has 0 aliphatic carbocycles. The molecule has 0 unspecified atom stereocenters. The molecule has 1 atom stereocenters. The number of phenolic OH excluding ortho intramolecular Hbond substituents is 1. The van der Waals surface area contributed by atoms with Gasteiger partial charge in [0.1, 0.15) is 5.75 Å². The van der Waals surface area contributed by atoms with Gasteiger partial charge in [0.2, 0.25) is 0 Å². The van der Waals surface area contributed by atoms with Crippen molar-refractivity contribution in [2.45, 2.75) is 46.6 Å². The Hall–Kier alpha value is -1.02. The van der Waals surface area contributed by atoms with Gasteiger partial charge >= 0.3 is 0 Å². The van der Waals surface area contributed by atoms with Crippen LogP contribution in [0, 0.1) is 19.8 Å². The standard InChI is InChI=1S/C14H23NO/c1-9(2)5-6-13(15)12-7-10(3)14(16)11(4)8-12/h7-9,13,16H,5-6,15H2,1-4H3/t13-/m0/s1. The van der Waals surface area contributed by atoms with E-state index in [4.69, 9.17) is 5.73 Å². The lowest BCUT2D eigenvalue weighted by molar-refractivity contribution is 0.465. The number of aryl methyl sites for hydroxylation is 2. The van der Waals surface area contributed by atoms with Crippen LogP contribution in [0.25, 0.3) is 0 Å². The number of nitrogens with two attached hydrogens (primary N) is 1. The minimum absolute atomic E-state index is 0.0837. The summed E-state index contributed by atoms with van der Waals surface area (Å²) in [6.07, 6.45) is 2.14. The summed E-state index contributed by atoms with van der Waals surface area (Å²) in [6.45, 7) is 8.25. The predicted octanol–water partition coefficient (Wildman–Crippen LogP) is 3.45. The molecule has 0 spiro atoms. The summed E-state index contributed by atoms with van der Waals surface area (Å²) in [7, 11) is 0. The fourth-order valence-electron chi connectivity index (χ4n) is 1.88. The first-order valence-electron chi connectivity index (χ1n) is 5.97. The fraction of sp³-hybridized carbons (Fsp3) is 0.571. The van der Waals surface area contributed by atoms with Crippen molar-refractivity contribution in [3.63, 3.8) is 0 Å². The summed E-state index contributed by atoms with van der Waals surface area (Å²) < 4.78 is 0. The molecule has 16 heavy (non-hydrogen) atoms. The molecule has 1 aromatic rings. The summed E-state index contributed by atoms with van der Waals surface area (Å²) in [5.74, 6) is 1.07. The molecule has 2 heteroatoms. The van der Waals surface area contributed by atoms with Gasteiger partial charge in [-0.05, 0) is 49.3 Å². The van der Waals surface area contributed by atoms with Crippen LogP contribution in [0.1, 0.15) is 49.4 Å². The van der Waals surface area contributed by atoms with Gasteiger partial charge in [0.15, 0.2) is 0 Å². The number of phenols is 1. The van der Waals surface area contributed by atoms with Gasteiger partial charge in [-0.25, -0.2) is 0 Å². The van der Waals surface area contributed by atoms with E-state index in [1.807, 2.05) is 26.0 Å². The van der Waals surface area contributed by atoms with Crippen LogP contribution in [-0.4, -0.2) is 5.11 Å². The molecule has 90 valence electrons. The minimum Gasteiger partial charge on any atom is -0.507 e. The maximum Gasteiger partial charge on any atom is 0.121 e. The highest BCUT2D eigenvalue weighted by atomic mass is 16.3. The normalized spacial score (nSPS) is 13.1. The van der Waals surface area contributed by atoms with Crippen LogP contribution in [0.5, 0.6) is 5.75 Å². The number of aromatic hydroxyl groups is 1. The lowest BCUT2D eigenvalue weighted by Crippen LogP contribution is -2.11. The van der Waals surface area contributed by atoms with Crippen LogP contribution in [0.2, 0.25) is 0 Å². The Balaban J connectivity index is 2.80. The molecule has 3 N–H and O–H groups in total. The van der Waals surface area contributed by atoms with Crippen molar-refractivity contribution in [3.8, 4) is 5.75 Å². The van der Waals surface area contributed by atoms with Crippen molar-refractivity contribution in [3.05, 3.63) is 28.8 Å².